The van der Waals surface area contributed by atoms with Crippen molar-refractivity contribution in [1.82, 2.24) is 9.88 Å². The van der Waals surface area contributed by atoms with Crippen LogP contribution in [-0.4, -0.2) is 28.3 Å². The number of pyridine rings is 1. The molecule has 180 valence electrons. The van der Waals surface area contributed by atoms with Crippen molar-refractivity contribution in [3.8, 4) is 16.2 Å². The number of urea groups is 1. The predicted octanol–water partition coefficient (Wildman–Crippen LogP) is 4.56. The molecule has 3 N–H and O–H groups in total. The third-order valence-electron chi connectivity index (χ3n) is 5.57. The molecule has 0 radical (unpaired) electrons. The van der Waals surface area contributed by atoms with E-state index in [0.29, 0.717) is 5.69 Å². The van der Waals surface area contributed by atoms with Gasteiger partial charge in [-0.1, -0.05) is 18.2 Å². The van der Waals surface area contributed by atoms with Gasteiger partial charge >= 0.3 is 12.0 Å². The van der Waals surface area contributed by atoms with Crippen molar-refractivity contribution in [2.24, 2.45) is 7.05 Å². The first kappa shape index (κ1) is 25.0. The number of hydrogen-bond acceptors (Lipinski definition) is 6. The van der Waals surface area contributed by atoms with Crippen LogP contribution < -0.4 is 16.2 Å². The summed E-state index contributed by atoms with van der Waals surface area (Å²) in [6.07, 6.45) is -0.0775. The SMILES string of the molecule is CCOC(=O)CC(NC(=O)Nc1c(O)cc(C)n(C)c1=O)c1ccc(-c2c(C)cccc2C)s1. The van der Waals surface area contributed by atoms with Crippen LogP contribution in [0.2, 0.25) is 0 Å². The van der Waals surface area contributed by atoms with E-state index in [-0.39, 0.29) is 24.5 Å². The van der Waals surface area contributed by atoms with Crippen LogP contribution in [0.3, 0.4) is 0 Å². The van der Waals surface area contributed by atoms with Gasteiger partial charge in [-0.15, -0.1) is 11.3 Å². The molecule has 3 rings (SSSR count). The van der Waals surface area contributed by atoms with Crippen molar-refractivity contribution in [2.45, 2.75) is 40.2 Å². The summed E-state index contributed by atoms with van der Waals surface area (Å²) in [5.41, 5.74) is 3.15. The van der Waals surface area contributed by atoms with Crippen LogP contribution in [0.5, 0.6) is 5.75 Å². The lowest BCUT2D eigenvalue weighted by Crippen LogP contribution is -2.36. The number of aromatic nitrogens is 1. The van der Waals surface area contributed by atoms with Gasteiger partial charge < -0.3 is 25.0 Å². The topological polar surface area (TPSA) is 110 Å². The first-order valence-corrected chi connectivity index (χ1v) is 11.7. The van der Waals surface area contributed by atoms with E-state index in [4.69, 9.17) is 4.74 Å². The number of benzene rings is 1. The molecule has 0 spiro atoms. The summed E-state index contributed by atoms with van der Waals surface area (Å²) < 4.78 is 6.41. The van der Waals surface area contributed by atoms with E-state index in [9.17, 15) is 19.5 Å². The van der Waals surface area contributed by atoms with E-state index < -0.39 is 23.6 Å². The van der Waals surface area contributed by atoms with Crippen molar-refractivity contribution in [3.63, 3.8) is 0 Å². The van der Waals surface area contributed by atoms with E-state index in [1.54, 1.807) is 20.9 Å². The van der Waals surface area contributed by atoms with Gasteiger partial charge in [0.25, 0.3) is 5.56 Å². The number of carbonyl (C=O) groups excluding carboxylic acids is 2. The van der Waals surface area contributed by atoms with Gasteiger partial charge in [0.15, 0.2) is 5.69 Å². The standard InChI is InChI=1S/C25H29N3O5S/c1-6-33-21(30)13-17(19-10-11-20(34-19)22-14(2)8-7-9-15(22)3)26-25(32)27-23-18(29)12-16(4)28(5)24(23)31/h7-12,17,29H,6,13H2,1-5H3,(H2,26,27,32). The molecule has 0 saturated carbocycles. The highest BCUT2D eigenvalue weighted by atomic mass is 32.1. The third kappa shape index (κ3) is 5.48. The molecule has 34 heavy (non-hydrogen) atoms. The number of carbonyl (C=O) groups is 2. The number of nitrogens with one attached hydrogen (secondary N) is 2. The smallest absolute Gasteiger partial charge is 0.320 e. The Kier molecular flexibility index (Phi) is 7.78. The highest BCUT2D eigenvalue weighted by Gasteiger charge is 2.23. The molecule has 1 unspecified atom stereocenters. The Morgan fingerprint density at radius 3 is 2.47 bits per heavy atom. The molecule has 9 heteroatoms. The highest BCUT2D eigenvalue weighted by molar-refractivity contribution is 7.15. The van der Waals surface area contributed by atoms with Gasteiger partial charge in [0.05, 0.1) is 19.1 Å². The number of hydrogen-bond donors (Lipinski definition) is 3. The first-order chi connectivity index (χ1) is 16.1. The summed E-state index contributed by atoms with van der Waals surface area (Å²) in [4.78, 5) is 39.3. The zero-order valence-corrected chi connectivity index (χ0v) is 20.7. The molecule has 2 amide bonds. The second kappa shape index (κ2) is 10.6. The zero-order valence-electron chi connectivity index (χ0n) is 19.9. The molecule has 0 aliphatic rings. The third-order valence-corrected chi connectivity index (χ3v) is 6.78. The molecule has 1 atom stereocenters. The number of aryl methyl sites for hydroxylation is 3. The molecule has 2 aromatic heterocycles. The van der Waals surface area contributed by atoms with E-state index >= 15 is 0 Å². The molecule has 0 bridgehead atoms. The number of aromatic hydroxyl groups is 1. The van der Waals surface area contributed by atoms with Crippen molar-refractivity contribution in [2.75, 3.05) is 11.9 Å². The molecule has 0 aliphatic carbocycles. The van der Waals surface area contributed by atoms with E-state index in [1.165, 1.54) is 22.0 Å². The fourth-order valence-electron chi connectivity index (χ4n) is 3.72. The van der Waals surface area contributed by atoms with Crippen molar-refractivity contribution < 1.29 is 19.4 Å². The zero-order chi connectivity index (χ0) is 25.0. The number of ether oxygens (including phenoxy) is 1. The number of amides is 2. The fourth-order valence-corrected chi connectivity index (χ4v) is 4.95. The van der Waals surface area contributed by atoms with Gasteiger partial charge in [-0.2, -0.15) is 0 Å². The second-order valence-electron chi connectivity index (χ2n) is 8.04. The maximum Gasteiger partial charge on any atom is 0.320 e. The quantitative estimate of drug-likeness (QED) is 0.427. The van der Waals surface area contributed by atoms with Crippen LogP contribution in [0.1, 0.15) is 41.1 Å². The summed E-state index contributed by atoms with van der Waals surface area (Å²) >= 11 is 1.48. The first-order valence-electron chi connectivity index (χ1n) is 10.9. The van der Waals surface area contributed by atoms with E-state index in [2.05, 4.69) is 10.6 Å². The minimum atomic E-state index is -0.715. The molecule has 0 aliphatic heterocycles. The summed E-state index contributed by atoms with van der Waals surface area (Å²) in [5.74, 6) is -0.782. The highest BCUT2D eigenvalue weighted by Crippen LogP contribution is 2.36. The van der Waals surface area contributed by atoms with Crippen molar-refractivity contribution in [1.29, 1.82) is 0 Å². The van der Waals surface area contributed by atoms with E-state index in [1.807, 2.05) is 44.2 Å². The van der Waals surface area contributed by atoms with E-state index in [0.717, 1.165) is 26.4 Å². The van der Waals surface area contributed by atoms with Crippen LogP contribution in [0.15, 0.2) is 41.2 Å². The number of esters is 1. The fraction of sp³-hybridized carbons (Fsp3) is 0.320. The molecular formula is C25H29N3O5S. The number of nitrogens with zero attached hydrogens (tertiary/aromatic N) is 1. The van der Waals surface area contributed by atoms with Gasteiger partial charge in [-0.05, 0) is 56.5 Å². The monoisotopic (exact) mass is 483 g/mol. The Bertz CT molecular complexity index is 1260. The number of thiophene rings is 1. The molecule has 3 aromatic rings. The average molecular weight is 484 g/mol. The summed E-state index contributed by atoms with van der Waals surface area (Å²) in [6, 6.07) is 9.92. The van der Waals surface area contributed by atoms with Gasteiger partial charge in [0.2, 0.25) is 0 Å². The molecule has 8 nitrogen and oxygen atoms in total. The largest absolute Gasteiger partial charge is 0.505 e. The Balaban J connectivity index is 1.89. The second-order valence-corrected chi connectivity index (χ2v) is 9.15. The molecule has 2 heterocycles. The molecular weight excluding hydrogens is 454 g/mol. The van der Waals surface area contributed by atoms with Gasteiger partial charge in [-0.25, -0.2) is 4.79 Å². The summed E-state index contributed by atoms with van der Waals surface area (Å²) in [6.45, 7) is 7.69. The minimum Gasteiger partial charge on any atom is -0.505 e. The normalized spacial score (nSPS) is 11.7. The maximum atomic E-state index is 12.8. The molecule has 1 aromatic carbocycles. The van der Waals surface area contributed by atoms with Gasteiger partial charge in [-0.3, -0.25) is 9.59 Å². The van der Waals surface area contributed by atoms with Gasteiger partial charge in [0.1, 0.15) is 5.75 Å². The lowest BCUT2D eigenvalue weighted by molar-refractivity contribution is -0.143. The van der Waals surface area contributed by atoms with Crippen LogP contribution in [0.4, 0.5) is 10.5 Å². The van der Waals surface area contributed by atoms with Crippen LogP contribution >= 0.6 is 11.3 Å². The van der Waals surface area contributed by atoms with Crippen LogP contribution in [-0.2, 0) is 16.6 Å². The lowest BCUT2D eigenvalue weighted by Gasteiger charge is -2.18. The van der Waals surface area contributed by atoms with Gasteiger partial charge in [0, 0.05) is 28.6 Å². The van der Waals surface area contributed by atoms with Crippen LogP contribution in [0, 0.1) is 20.8 Å². The predicted molar refractivity (Wildman–Crippen MR) is 133 cm³/mol. The summed E-state index contributed by atoms with van der Waals surface area (Å²) in [7, 11) is 1.55. The lowest BCUT2D eigenvalue weighted by atomic mass is 10.0. The van der Waals surface area contributed by atoms with Crippen molar-refractivity contribution >= 4 is 29.0 Å². The number of anilines is 1. The Hall–Kier alpha value is -3.59. The molecule has 0 fully saturated rings. The molecule has 0 saturated heterocycles. The Morgan fingerprint density at radius 1 is 1.15 bits per heavy atom. The Morgan fingerprint density at radius 2 is 1.82 bits per heavy atom. The van der Waals surface area contributed by atoms with Crippen LogP contribution in [0.25, 0.3) is 10.4 Å². The average Bonchev–Trinajstić information content (AvgIpc) is 3.24. The van der Waals surface area contributed by atoms with Crippen molar-refractivity contribution in [3.05, 3.63) is 68.4 Å². The Labute approximate surface area is 202 Å². The number of rotatable bonds is 7. The summed E-state index contributed by atoms with van der Waals surface area (Å²) in [5, 5.41) is 15.3. The minimum absolute atomic E-state index is 0.0775. The maximum absolute atomic E-state index is 12.8.